The summed E-state index contributed by atoms with van der Waals surface area (Å²) >= 11 is 0. The van der Waals surface area contributed by atoms with Crippen LogP contribution in [0.1, 0.15) is 11.1 Å². The first-order chi connectivity index (χ1) is 12.0. The second-order valence-corrected chi connectivity index (χ2v) is 5.20. The van der Waals surface area contributed by atoms with Gasteiger partial charge in [0.05, 0.1) is 24.8 Å². The summed E-state index contributed by atoms with van der Waals surface area (Å²) in [5, 5.41) is 17.7. The van der Waals surface area contributed by atoms with Gasteiger partial charge in [-0.15, -0.1) is 0 Å². The molecule has 0 atom stereocenters. The number of rotatable bonds is 7. The predicted molar refractivity (Wildman–Crippen MR) is 95.1 cm³/mol. The molecule has 0 bridgehead atoms. The zero-order valence-corrected chi connectivity index (χ0v) is 13.9. The van der Waals surface area contributed by atoms with Gasteiger partial charge >= 0.3 is 5.69 Å². The highest BCUT2D eigenvalue weighted by atomic mass is 16.6. The van der Waals surface area contributed by atoms with Crippen LogP contribution in [0.3, 0.4) is 0 Å². The zero-order valence-electron chi connectivity index (χ0n) is 13.9. The third-order valence-electron chi connectivity index (χ3n) is 3.27. The summed E-state index contributed by atoms with van der Waals surface area (Å²) in [6.07, 6.45) is 1.33. The van der Waals surface area contributed by atoms with Crippen molar-refractivity contribution in [2.75, 3.05) is 19.0 Å². The van der Waals surface area contributed by atoms with E-state index in [1.54, 1.807) is 6.07 Å². The maximum atomic E-state index is 11.8. The van der Waals surface area contributed by atoms with Crippen molar-refractivity contribution in [2.45, 2.75) is 6.92 Å². The van der Waals surface area contributed by atoms with E-state index < -0.39 is 4.92 Å². The molecule has 0 saturated carbocycles. The number of nitrogens with one attached hydrogen (secondary N) is 2. The van der Waals surface area contributed by atoms with E-state index in [2.05, 4.69) is 15.8 Å². The highest BCUT2D eigenvalue weighted by Crippen LogP contribution is 2.26. The Morgan fingerprint density at radius 1 is 1.32 bits per heavy atom. The second-order valence-electron chi connectivity index (χ2n) is 5.20. The number of hydrogen-bond acceptors (Lipinski definition) is 6. The lowest BCUT2D eigenvalue weighted by atomic mass is 10.2. The van der Waals surface area contributed by atoms with E-state index in [-0.39, 0.29) is 23.9 Å². The number of carbonyl (C=O) groups excluding carboxylic acids is 1. The molecule has 0 aromatic heterocycles. The molecule has 0 fully saturated rings. The summed E-state index contributed by atoms with van der Waals surface area (Å²) in [6.45, 7) is 2.02. The highest BCUT2D eigenvalue weighted by Gasteiger charge is 2.14. The highest BCUT2D eigenvalue weighted by molar-refractivity contribution is 5.85. The first kappa shape index (κ1) is 17.9. The number of methoxy groups -OCH3 is 1. The summed E-state index contributed by atoms with van der Waals surface area (Å²) in [5.74, 6) is -0.172. The van der Waals surface area contributed by atoms with Crippen LogP contribution in [0, 0.1) is 17.0 Å². The van der Waals surface area contributed by atoms with Crippen LogP contribution in [0.15, 0.2) is 47.6 Å². The molecule has 0 aliphatic rings. The van der Waals surface area contributed by atoms with Gasteiger partial charge in [-0.05, 0) is 36.8 Å². The molecule has 0 aliphatic carbocycles. The molecule has 0 radical (unpaired) electrons. The molecule has 2 aromatic carbocycles. The lowest BCUT2D eigenvalue weighted by molar-refractivity contribution is -0.385. The van der Waals surface area contributed by atoms with E-state index in [1.807, 2.05) is 31.2 Å². The second kappa shape index (κ2) is 8.44. The van der Waals surface area contributed by atoms with Gasteiger partial charge in [0.25, 0.3) is 5.91 Å². The number of benzene rings is 2. The number of hydrogen-bond donors (Lipinski definition) is 2. The number of aryl methyl sites for hydroxylation is 1. The Morgan fingerprint density at radius 2 is 2.12 bits per heavy atom. The Bertz CT molecular complexity index is 805. The number of amides is 1. The minimum Gasteiger partial charge on any atom is -0.490 e. The predicted octanol–water partition coefficient (Wildman–Crippen LogP) is 2.47. The molecule has 0 spiro atoms. The summed E-state index contributed by atoms with van der Waals surface area (Å²) in [6, 6.07) is 12.0. The van der Waals surface area contributed by atoms with Gasteiger partial charge < -0.3 is 10.1 Å². The largest absolute Gasteiger partial charge is 0.490 e. The van der Waals surface area contributed by atoms with E-state index in [0.717, 1.165) is 11.3 Å². The van der Waals surface area contributed by atoms with E-state index in [4.69, 9.17) is 4.74 Å². The normalized spacial score (nSPS) is 10.5. The number of nitro groups is 1. The van der Waals surface area contributed by atoms with Crippen molar-refractivity contribution in [1.82, 2.24) is 5.43 Å². The quantitative estimate of drug-likeness (QED) is 0.457. The van der Waals surface area contributed by atoms with Crippen LogP contribution in [0.5, 0.6) is 5.75 Å². The molecule has 8 nitrogen and oxygen atoms in total. The van der Waals surface area contributed by atoms with E-state index >= 15 is 0 Å². The molecular weight excluding hydrogens is 324 g/mol. The molecule has 0 saturated heterocycles. The first-order valence-electron chi connectivity index (χ1n) is 7.44. The summed E-state index contributed by atoms with van der Waals surface area (Å²) in [5.41, 5.74) is 4.59. The molecule has 0 unspecified atom stereocenters. The number of hydrazone groups is 1. The van der Waals surface area contributed by atoms with Crippen molar-refractivity contribution in [3.05, 3.63) is 63.7 Å². The van der Waals surface area contributed by atoms with Gasteiger partial charge in [0, 0.05) is 17.3 Å². The van der Waals surface area contributed by atoms with E-state index in [1.165, 1.54) is 25.5 Å². The van der Waals surface area contributed by atoms with Crippen LogP contribution >= 0.6 is 0 Å². The number of nitrogens with zero attached hydrogens (tertiary/aromatic N) is 2. The van der Waals surface area contributed by atoms with E-state index in [9.17, 15) is 14.9 Å². The van der Waals surface area contributed by atoms with Crippen LogP contribution in [-0.4, -0.2) is 30.7 Å². The van der Waals surface area contributed by atoms with Gasteiger partial charge in [-0.25, -0.2) is 5.43 Å². The molecule has 2 aromatic rings. The number of carbonyl (C=O) groups is 1. The maximum absolute atomic E-state index is 11.8. The Hall–Kier alpha value is -3.42. The fraction of sp³-hybridized carbons (Fsp3) is 0.176. The Labute approximate surface area is 144 Å². The summed E-state index contributed by atoms with van der Waals surface area (Å²) < 4.78 is 4.92. The van der Waals surface area contributed by atoms with Crippen molar-refractivity contribution < 1.29 is 14.5 Å². The number of nitro benzene ring substituents is 1. The topological polar surface area (TPSA) is 106 Å². The minimum atomic E-state index is -0.541. The Morgan fingerprint density at radius 3 is 2.80 bits per heavy atom. The molecule has 0 aliphatic heterocycles. The minimum absolute atomic E-state index is 0.0591. The van der Waals surface area contributed by atoms with Crippen molar-refractivity contribution >= 4 is 23.5 Å². The molecule has 130 valence electrons. The number of anilines is 1. The van der Waals surface area contributed by atoms with Crippen LogP contribution < -0.4 is 15.5 Å². The Kier molecular flexibility index (Phi) is 6.05. The monoisotopic (exact) mass is 342 g/mol. The fourth-order valence-electron chi connectivity index (χ4n) is 2.09. The standard InChI is InChI=1S/C17H18N4O4/c1-12-4-3-5-14(8-12)18-11-17(22)20-19-10-13-6-7-16(25-2)15(9-13)21(23)24/h3-10,18H,11H2,1-2H3,(H,20,22)/b19-10-. The van der Waals surface area contributed by atoms with Gasteiger partial charge in [-0.2, -0.15) is 5.10 Å². The average Bonchev–Trinajstić information content (AvgIpc) is 2.60. The van der Waals surface area contributed by atoms with Crippen LogP contribution in [0.25, 0.3) is 0 Å². The smallest absolute Gasteiger partial charge is 0.311 e. The maximum Gasteiger partial charge on any atom is 0.311 e. The third-order valence-corrected chi connectivity index (χ3v) is 3.27. The molecular formula is C17H18N4O4. The summed E-state index contributed by atoms with van der Waals surface area (Å²) in [7, 11) is 1.36. The van der Waals surface area contributed by atoms with Gasteiger partial charge in [-0.3, -0.25) is 14.9 Å². The summed E-state index contributed by atoms with van der Waals surface area (Å²) in [4.78, 5) is 22.2. The van der Waals surface area contributed by atoms with Gasteiger partial charge in [0.1, 0.15) is 0 Å². The number of ether oxygens (including phenoxy) is 1. The van der Waals surface area contributed by atoms with Gasteiger partial charge in [0.2, 0.25) is 0 Å². The molecule has 25 heavy (non-hydrogen) atoms. The van der Waals surface area contributed by atoms with Crippen molar-refractivity contribution in [1.29, 1.82) is 0 Å². The SMILES string of the molecule is COc1ccc(/C=N\NC(=O)CNc2cccc(C)c2)cc1[N+](=O)[O-]. The molecule has 2 rings (SSSR count). The molecule has 8 heteroatoms. The van der Waals surface area contributed by atoms with Crippen molar-refractivity contribution in [3.8, 4) is 5.75 Å². The van der Waals surface area contributed by atoms with Gasteiger partial charge in [-0.1, -0.05) is 12.1 Å². The molecule has 2 N–H and O–H groups in total. The lowest BCUT2D eigenvalue weighted by Crippen LogP contribution is -2.25. The van der Waals surface area contributed by atoms with Crippen LogP contribution in [-0.2, 0) is 4.79 Å². The molecule has 0 heterocycles. The van der Waals surface area contributed by atoms with Crippen molar-refractivity contribution in [2.24, 2.45) is 5.10 Å². The first-order valence-corrected chi connectivity index (χ1v) is 7.44. The van der Waals surface area contributed by atoms with E-state index in [0.29, 0.717) is 5.56 Å². The van der Waals surface area contributed by atoms with Crippen LogP contribution in [0.4, 0.5) is 11.4 Å². The van der Waals surface area contributed by atoms with Gasteiger partial charge in [0.15, 0.2) is 5.75 Å². The average molecular weight is 342 g/mol. The third kappa shape index (κ3) is 5.31. The van der Waals surface area contributed by atoms with Crippen molar-refractivity contribution in [3.63, 3.8) is 0 Å². The molecule has 1 amide bonds. The Balaban J connectivity index is 1.91. The zero-order chi connectivity index (χ0) is 18.2. The van der Waals surface area contributed by atoms with Crippen LogP contribution in [0.2, 0.25) is 0 Å². The fourth-order valence-corrected chi connectivity index (χ4v) is 2.09. The lowest BCUT2D eigenvalue weighted by Gasteiger charge is -2.06.